The van der Waals surface area contributed by atoms with Crippen LogP contribution in [-0.4, -0.2) is 39.4 Å². The molecule has 0 radical (unpaired) electrons. The number of hydrogen-bond donors (Lipinski definition) is 2. The van der Waals surface area contributed by atoms with Crippen LogP contribution in [0.4, 0.5) is 4.39 Å². The van der Waals surface area contributed by atoms with Gasteiger partial charge in [-0.1, -0.05) is 23.7 Å². The quantitative estimate of drug-likeness (QED) is 0.296. The predicted octanol–water partition coefficient (Wildman–Crippen LogP) is 4.69. The fraction of sp³-hybridized carbons (Fsp3) is 0.240. The number of benzene rings is 2. The lowest BCUT2D eigenvalue weighted by Gasteiger charge is -2.19. The molecule has 5 rings (SSSR count). The van der Waals surface area contributed by atoms with Gasteiger partial charge in [0.05, 0.1) is 35.3 Å². The minimum Gasteiger partial charge on any atom is -0.490 e. The topological polar surface area (TPSA) is 82.3 Å². The standard InChI is InChI=1S/C25H22ClFN4O3/c1-30(13-17-14-31(33)22(11-27)21-12-28-29-24(17)21)25(32)16-5-8-20(15-3-2-4-18(26)9-15)23(10-16)34-19-6-7-19/h2-5,8-10,12,14,19,33H,6-7,11,13H2,1H3/p+1. The van der Waals surface area contributed by atoms with Gasteiger partial charge in [0.25, 0.3) is 11.6 Å². The Morgan fingerprint density at radius 1 is 1.32 bits per heavy atom. The Balaban J connectivity index is 1.44. The van der Waals surface area contributed by atoms with Gasteiger partial charge >= 0.3 is 0 Å². The number of aromatic nitrogens is 3. The van der Waals surface area contributed by atoms with Crippen LogP contribution in [0.5, 0.6) is 5.75 Å². The number of ether oxygens (including phenoxy) is 1. The molecule has 1 aliphatic carbocycles. The number of hydrogen-bond acceptors (Lipinski definition) is 4. The molecule has 34 heavy (non-hydrogen) atoms. The minimum atomic E-state index is -0.843. The molecule has 0 atom stereocenters. The highest BCUT2D eigenvalue weighted by Gasteiger charge is 2.27. The zero-order valence-corrected chi connectivity index (χ0v) is 19.2. The second kappa shape index (κ2) is 8.95. The first-order valence-corrected chi connectivity index (χ1v) is 11.3. The summed E-state index contributed by atoms with van der Waals surface area (Å²) in [6, 6.07) is 12.9. The number of carbonyl (C=O) groups is 1. The number of nitrogens with zero attached hydrogens (tertiary/aromatic N) is 3. The summed E-state index contributed by atoms with van der Waals surface area (Å²) in [5.74, 6) is 0.422. The molecule has 0 saturated heterocycles. The van der Waals surface area contributed by atoms with Gasteiger partial charge in [0.2, 0.25) is 6.20 Å². The van der Waals surface area contributed by atoms with Crippen molar-refractivity contribution < 1.29 is 23.9 Å². The Kier molecular flexibility index (Phi) is 5.83. The third-order valence-electron chi connectivity index (χ3n) is 5.89. The van der Waals surface area contributed by atoms with Crippen LogP contribution in [0, 0.1) is 0 Å². The fourth-order valence-corrected chi connectivity index (χ4v) is 4.17. The average Bonchev–Trinajstić information content (AvgIpc) is 3.50. The lowest BCUT2D eigenvalue weighted by Crippen LogP contribution is -2.36. The second-order valence-electron chi connectivity index (χ2n) is 8.44. The molecule has 4 aromatic rings. The van der Waals surface area contributed by atoms with Crippen molar-refractivity contribution in [3.05, 3.63) is 76.7 Å². The molecule has 0 unspecified atom stereocenters. The Morgan fingerprint density at radius 3 is 2.88 bits per heavy atom. The van der Waals surface area contributed by atoms with E-state index in [4.69, 9.17) is 16.3 Å². The number of aromatic amines is 1. The SMILES string of the molecule is CN(Cc1c[n+](O)c(CF)c2cn[nH]c12)C(=O)c1ccc(-c2cccc(Cl)c2)c(OC2CC2)c1. The Morgan fingerprint density at radius 2 is 2.15 bits per heavy atom. The predicted molar refractivity (Wildman–Crippen MR) is 125 cm³/mol. The number of alkyl halides is 1. The number of pyridine rings is 1. The van der Waals surface area contributed by atoms with Crippen LogP contribution in [0.2, 0.25) is 5.02 Å². The molecule has 1 amide bonds. The van der Waals surface area contributed by atoms with Gasteiger partial charge in [-0.15, -0.1) is 0 Å². The first-order chi connectivity index (χ1) is 16.4. The van der Waals surface area contributed by atoms with E-state index in [0.717, 1.165) is 28.7 Å². The third kappa shape index (κ3) is 4.28. The van der Waals surface area contributed by atoms with Crippen LogP contribution in [0.15, 0.2) is 54.9 Å². The lowest BCUT2D eigenvalue weighted by atomic mass is 10.0. The summed E-state index contributed by atoms with van der Waals surface area (Å²) in [4.78, 5) is 14.8. The summed E-state index contributed by atoms with van der Waals surface area (Å²) < 4.78 is 20.2. The molecule has 2 heterocycles. The maximum absolute atomic E-state index is 13.3. The van der Waals surface area contributed by atoms with E-state index >= 15 is 0 Å². The summed E-state index contributed by atoms with van der Waals surface area (Å²) >= 11 is 6.18. The molecule has 174 valence electrons. The van der Waals surface area contributed by atoms with Crippen molar-refractivity contribution in [3.63, 3.8) is 0 Å². The number of halogens is 2. The Bertz CT molecular complexity index is 1390. The molecule has 7 nitrogen and oxygen atoms in total. The van der Waals surface area contributed by atoms with Gasteiger partial charge in [0.15, 0.2) is 6.67 Å². The Hall–Kier alpha value is -3.65. The van der Waals surface area contributed by atoms with Gasteiger partial charge in [0.1, 0.15) is 5.75 Å². The molecular formula is C25H23ClFN4O3+. The van der Waals surface area contributed by atoms with Gasteiger partial charge in [-0.2, -0.15) is 5.10 Å². The van der Waals surface area contributed by atoms with E-state index < -0.39 is 6.67 Å². The maximum Gasteiger partial charge on any atom is 0.275 e. The van der Waals surface area contributed by atoms with Crippen LogP contribution in [0.25, 0.3) is 22.0 Å². The van der Waals surface area contributed by atoms with Crippen LogP contribution in [-0.2, 0) is 13.2 Å². The number of nitrogens with one attached hydrogen (secondary N) is 1. The van der Waals surface area contributed by atoms with E-state index in [1.807, 2.05) is 30.3 Å². The van der Waals surface area contributed by atoms with Gasteiger partial charge in [-0.25, -0.2) is 4.39 Å². The van der Waals surface area contributed by atoms with Gasteiger partial charge in [-0.3, -0.25) is 15.1 Å². The second-order valence-corrected chi connectivity index (χ2v) is 8.87. The molecule has 9 heteroatoms. The van der Waals surface area contributed by atoms with Gasteiger partial charge in [0, 0.05) is 27.9 Å². The van der Waals surface area contributed by atoms with Gasteiger partial charge < -0.3 is 9.64 Å². The molecule has 1 fully saturated rings. The summed E-state index contributed by atoms with van der Waals surface area (Å²) in [6.07, 6.45) is 4.98. The maximum atomic E-state index is 13.3. The summed E-state index contributed by atoms with van der Waals surface area (Å²) in [5, 5.41) is 18.1. The van der Waals surface area contributed by atoms with Crippen molar-refractivity contribution in [3.8, 4) is 16.9 Å². The molecule has 2 N–H and O–H groups in total. The molecule has 1 saturated carbocycles. The van der Waals surface area contributed by atoms with E-state index in [0.29, 0.717) is 32.8 Å². The lowest BCUT2D eigenvalue weighted by molar-refractivity contribution is -0.909. The highest BCUT2D eigenvalue weighted by atomic mass is 35.5. The highest BCUT2D eigenvalue weighted by Crippen LogP contribution is 2.36. The molecule has 0 spiro atoms. The first-order valence-electron chi connectivity index (χ1n) is 10.9. The largest absolute Gasteiger partial charge is 0.490 e. The minimum absolute atomic E-state index is 0.0972. The average molecular weight is 482 g/mol. The van der Waals surface area contributed by atoms with Crippen LogP contribution in [0.3, 0.4) is 0 Å². The van der Waals surface area contributed by atoms with E-state index in [2.05, 4.69) is 10.2 Å². The fourth-order valence-electron chi connectivity index (χ4n) is 3.98. The first kappa shape index (κ1) is 22.2. The number of H-pyrrole nitrogens is 1. The van der Waals surface area contributed by atoms with Crippen molar-refractivity contribution >= 4 is 28.4 Å². The molecule has 2 aromatic heterocycles. The van der Waals surface area contributed by atoms with Crippen molar-refractivity contribution in [2.75, 3.05) is 7.05 Å². The Labute approximate surface area is 200 Å². The van der Waals surface area contributed by atoms with Crippen molar-refractivity contribution in [1.29, 1.82) is 0 Å². The van der Waals surface area contributed by atoms with Crippen LogP contribution >= 0.6 is 11.6 Å². The molecule has 0 bridgehead atoms. The molecule has 2 aromatic carbocycles. The third-order valence-corrected chi connectivity index (χ3v) is 6.12. The number of fused-ring (bicyclic) bond motifs is 1. The van der Waals surface area contributed by atoms with Crippen LogP contribution < -0.4 is 9.47 Å². The number of rotatable bonds is 7. The molecule has 1 aliphatic rings. The van der Waals surface area contributed by atoms with Crippen molar-refractivity contribution in [2.45, 2.75) is 32.2 Å². The summed E-state index contributed by atoms with van der Waals surface area (Å²) in [7, 11) is 1.67. The normalized spacial score (nSPS) is 13.3. The molecule has 0 aliphatic heterocycles. The van der Waals surface area contributed by atoms with Crippen molar-refractivity contribution in [1.82, 2.24) is 15.1 Å². The van der Waals surface area contributed by atoms with E-state index in [-0.39, 0.29) is 24.2 Å². The van der Waals surface area contributed by atoms with E-state index in [9.17, 15) is 14.4 Å². The number of carbonyl (C=O) groups excluding carboxylic acids is 1. The highest BCUT2D eigenvalue weighted by molar-refractivity contribution is 6.30. The van der Waals surface area contributed by atoms with Crippen molar-refractivity contribution in [2.24, 2.45) is 0 Å². The van der Waals surface area contributed by atoms with E-state index in [1.54, 1.807) is 19.2 Å². The number of amides is 1. The monoisotopic (exact) mass is 481 g/mol. The van der Waals surface area contributed by atoms with Gasteiger partial charge in [-0.05, 0) is 48.7 Å². The zero-order valence-electron chi connectivity index (χ0n) is 18.5. The van der Waals surface area contributed by atoms with E-state index in [1.165, 1.54) is 17.3 Å². The zero-order chi connectivity index (χ0) is 23.8. The molecular weight excluding hydrogens is 459 g/mol. The summed E-state index contributed by atoms with van der Waals surface area (Å²) in [5.41, 5.74) is 3.54. The summed E-state index contributed by atoms with van der Waals surface area (Å²) in [6.45, 7) is -0.663. The smallest absolute Gasteiger partial charge is 0.275 e. The van der Waals surface area contributed by atoms with Crippen LogP contribution in [0.1, 0.15) is 34.5 Å².